The van der Waals surface area contributed by atoms with Gasteiger partial charge in [0.1, 0.15) is 11.5 Å². The summed E-state index contributed by atoms with van der Waals surface area (Å²) in [6, 6.07) is 10.0. The topological polar surface area (TPSA) is 31.4 Å². The molecule has 0 fully saturated rings. The molecule has 21 heavy (non-hydrogen) atoms. The van der Waals surface area contributed by atoms with Gasteiger partial charge in [-0.05, 0) is 54.7 Å². The van der Waals surface area contributed by atoms with Gasteiger partial charge in [-0.1, -0.05) is 6.08 Å². The Bertz CT molecular complexity index is 581. The second-order valence-electron chi connectivity index (χ2n) is 4.89. The van der Waals surface area contributed by atoms with Crippen molar-refractivity contribution in [2.24, 2.45) is 0 Å². The summed E-state index contributed by atoms with van der Waals surface area (Å²) in [5, 5.41) is 0. The number of pyridine rings is 1. The number of ether oxygens (including phenoxy) is 2. The summed E-state index contributed by atoms with van der Waals surface area (Å²) in [4.78, 5) is 4.07. The normalized spacial score (nSPS) is 11.7. The molecule has 1 aromatic carbocycles. The number of allylic oxidation sites excluding steroid dienone is 1. The number of aromatic nitrogens is 1. The highest BCUT2D eigenvalue weighted by molar-refractivity contribution is 5.43. The average Bonchev–Trinajstić information content (AvgIpc) is 2.55. The first-order valence-corrected chi connectivity index (χ1v) is 7.00. The van der Waals surface area contributed by atoms with Gasteiger partial charge in [-0.25, -0.2) is 0 Å². The Morgan fingerprint density at radius 3 is 2.52 bits per heavy atom. The molecule has 0 saturated carbocycles. The van der Waals surface area contributed by atoms with Crippen molar-refractivity contribution < 1.29 is 9.47 Å². The van der Waals surface area contributed by atoms with E-state index in [0.29, 0.717) is 5.92 Å². The molecule has 0 spiro atoms. The van der Waals surface area contributed by atoms with Crippen LogP contribution in [-0.2, 0) is 6.42 Å². The zero-order chi connectivity index (χ0) is 15.1. The van der Waals surface area contributed by atoms with Crippen molar-refractivity contribution in [1.29, 1.82) is 0 Å². The molecule has 0 aliphatic rings. The van der Waals surface area contributed by atoms with Crippen molar-refractivity contribution in [2.75, 3.05) is 14.2 Å². The monoisotopic (exact) mass is 283 g/mol. The van der Waals surface area contributed by atoms with E-state index in [2.05, 4.69) is 11.6 Å². The molecule has 0 saturated heterocycles. The minimum Gasteiger partial charge on any atom is -0.497 e. The number of hydrogen-bond acceptors (Lipinski definition) is 3. The Hall–Kier alpha value is -2.29. The molecule has 1 unspecified atom stereocenters. The van der Waals surface area contributed by atoms with Gasteiger partial charge in [0.2, 0.25) is 0 Å². The number of rotatable bonds is 7. The maximum atomic E-state index is 5.51. The molecule has 0 aliphatic carbocycles. The van der Waals surface area contributed by atoms with E-state index in [-0.39, 0.29) is 0 Å². The Morgan fingerprint density at radius 1 is 1.14 bits per heavy atom. The smallest absolute Gasteiger partial charge is 0.122 e. The van der Waals surface area contributed by atoms with Crippen LogP contribution in [0.4, 0.5) is 0 Å². The largest absolute Gasteiger partial charge is 0.497 e. The van der Waals surface area contributed by atoms with Gasteiger partial charge in [-0.3, -0.25) is 4.98 Å². The van der Waals surface area contributed by atoms with Crippen LogP contribution in [0.5, 0.6) is 11.5 Å². The summed E-state index contributed by atoms with van der Waals surface area (Å²) < 4.78 is 10.8. The molecule has 1 atom stereocenters. The first kappa shape index (κ1) is 15.1. The Balaban J connectivity index is 2.34. The third-order valence-electron chi connectivity index (χ3n) is 3.56. The van der Waals surface area contributed by atoms with E-state index in [1.807, 2.05) is 48.8 Å². The van der Waals surface area contributed by atoms with E-state index in [0.717, 1.165) is 29.9 Å². The predicted molar refractivity (Wildman–Crippen MR) is 85.0 cm³/mol. The number of methoxy groups -OCH3 is 2. The molecule has 2 rings (SSSR count). The summed E-state index contributed by atoms with van der Waals surface area (Å²) in [7, 11) is 3.37. The zero-order valence-corrected chi connectivity index (χ0v) is 12.6. The number of benzene rings is 1. The predicted octanol–water partition coefficient (Wildman–Crippen LogP) is 4.00. The highest BCUT2D eigenvalue weighted by Gasteiger charge is 2.17. The average molecular weight is 283 g/mol. The van der Waals surface area contributed by atoms with E-state index in [4.69, 9.17) is 9.47 Å². The molecule has 0 radical (unpaired) electrons. The lowest BCUT2D eigenvalue weighted by Gasteiger charge is -2.19. The highest BCUT2D eigenvalue weighted by atomic mass is 16.5. The molecule has 0 N–H and O–H groups in total. The van der Waals surface area contributed by atoms with Crippen molar-refractivity contribution in [3.63, 3.8) is 0 Å². The lowest BCUT2D eigenvalue weighted by atomic mass is 9.89. The van der Waals surface area contributed by atoms with Gasteiger partial charge in [-0.15, -0.1) is 6.58 Å². The van der Waals surface area contributed by atoms with Crippen molar-refractivity contribution in [1.82, 2.24) is 4.98 Å². The summed E-state index contributed by atoms with van der Waals surface area (Å²) in [5.41, 5.74) is 2.40. The minimum atomic E-state index is 0.301. The maximum Gasteiger partial charge on any atom is 0.122 e. The van der Waals surface area contributed by atoms with Crippen molar-refractivity contribution in [3.05, 3.63) is 66.5 Å². The molecule has 3 nitrogen and oxygen atoms in total. The third kappa shape index (κ3) is 3.85. The minimum absolute atomic E-state index is 0.301. The Labute approximate surface area is 126 Å². The molecule has 1 heterocycles. The quantitative estimate of drug-likeness (QED) is 0.720. The second kappa shape index (κ2) is 7.48. The van der Waals surface area contributed by atoms with E-state index in [9.17, 15) is 0 Å². The second-order valence-corrected chi connectivity index (χ2v) is 4.89. The molecule has 0 aliphatic heterocycles. The molecule has 110 valence electrons. The standard InChI is InChI=1S/C18H21NO2/c1-4-5-15(12-14-8-10-19-11-9-14)17-13-16(20-2)6-7-18(17)21-3/h4,6-11,13,15H,1,5,12H2,2-3H3. The van der Waals surface area contributed by atoms with Crippen molar-refractivity contribution >= 4 is 0 Å². The summed E-state index contributed by atoms with van der Waals surface area (Å²) in [6.07, 6.45) is 7.39. The van der Waals surface area contributed by atoms with Crippen LogP contribution in [0.15, 0.2) is 55.4 Å². The molecule has 2 aromatic rings. The van der Waals surface area contributed by atoms with Crippen LogP contribution in [0.3, 0.4) is 0 Å². The van der Waals surface area contributed by atoms with Crippen LogP contribution in [0.1, 0.15) is 23.5 Å². The third-order valence-corrected chi connectivity index (χ3v) is 3.56. The molecule has 3 heteroatoms. The van der Waals surface area contributed by atoms with Gasteiger partial charge in [0, 0.05) is 18.0 Å². The highest BCUT2D eigenvalue weighted by Crippen LogP contribution is 2.34. The van der Waals surface area contributed by atoms with Gasteiger partial charge in [-0.2, -0.15) is 0 Å². The lowest BCUT2D eigenvalue weighted by molar-refractivity contribution is 0.394. The maximum absolute atomic E-state index is 5.51. The Morgan fingerprint density at radius 2 is 1.90 bits per heavy atom. The Kier molecular flexibility index (Phi) is 5.38. The van der Waals surface area contributed by atoms with E-state index < -0.39 is 0 Å². The molecule has 1 aromatic heterocycles. The first-order chi connectivity index (χ1) is 10.3. The number of hydrogen-bond donors (Lipinski definition) is 0. The van der Waals surface area contributed by atoms with Crippen LogP contribution < -0.4 is 9.47 Å². The van der Waals surface area contributed by atoms with Crippen molar-refractivity contribution in [3.8, 4) is 11.5 Å². The SMILES string of the molecule is C=CCC(Cc1ccncc1)c1cc(OC)ccc1OC. The molecular weight excluding hydrogens is 262 g/mol. The number of nitrogens with zero attached hydrogens (tertiary/aromatic N) is 1. The van der Waals surface area contributed by atoms with Crippen LogP contribution in [-0.4, -0.2) is 19.2 Å². The fourth-order valence-corrected chi connectivity index (χ4v) is 2.48. The summed E-state index contributed by atoms with van der Waals surface area (Å²) in [6.45, 7) is 3.88. The molecule has 0 bridgehead atoms. The van der Waals surface area contributed by atoms with Gasteiger partial charge in [0.15, 0.2) is 0 Å². The molecule has 0 amide bonds. The van der Waals surface area contributed by atoms with Crippen LogP contribution in [0.2, 0.25) is 0 Å². The zero-order valence-electron chi connectivity index (χ0n) is 12.6. The van der Waals surface area contributed by atoms with E-state index in [1.165, 1.54) is 5.56 Å². The van der Waals surface area contributed by atoms with Gasteiger partial charge in [0.25, 0.3) is 0 Å². The lowest BCUT2D eigenvalue weighted by Crippen LogP contribution is -2.05. The van der Waals surface area contributed by atoms with Gasteiger partial charge in [0.05, 0.1) is 14.2 Å². The summed E-state index contributed by atoms with van der Waals surface area (Å²) in [5.74, 6) is 2.03. The fourth-order valence-electron chi connectivity index (χ4n) is 2.48. The van der Waals surface area contributed by atoms with Gasteiger partial charge < -0.3 is 9.47 Å². The first-order valence-electron chi connectivity index (χ1n) is 7.00. The van der Waals surface area contributed by atoms with Crippen molar-refractivity contribution in [2.45, 2.75) is 18.8 Å². The molecular formula is C18H21NO2. The van der Waals surface area contributed by atoms with Crippen LogP contribution in [0, 0.1) is 0 Å². The van der Waals surface area contributed by atoms with Crippen LogP contribution in [0.25, 0.3) is 0 Å². The fraction of sp³-hybridized carbons (Fsp3) is 0.278. The van der Waals surface area contributed by atoms with Crippen LogP contribution >= 0.6 is 0 Å². The van der Waals surface area contributed by atoms with E-state index in [1.54, 1.807) is 14.2 Å². The summed E-state index contributed by atoms with van der Waals surface area (Å²) >= 11 is 0. The van der Waals surface area contributed by atoms with E-state index >= 15 is 0 Å². The van der Waals surface area contributed by atoms with Gasteiger partial charge >= 0.3 is 0 Å².